The number of nitrogens with zero attached hydrogens (tertiary/aromatic N) is 1. The van der Waals surface area contributed by atoms with Crippen LogP contribution in [0.3, 0.4) is 0 Å². The lowest BCUT2D eigenvalue weighted by atomic mass is 9.87. The van der Waals surface area contributed by atoms with Gasteiger partial charge in [0.1, 0.15) is 0 Å². The zero-order valence-electron chi connectivity index (χ0n) is 8.13. The maximum Gasteiger partial charge on any atom is 0.0597 e. The van der Waals surface area contributed by atoms with E-state index in [0.29, 0.717) is 5.41 Å². The molecule has 1 saturated heterocycles. The van der Waals surface area contributed by atoms with Gasteiger partial charge in [-0.2, -0.15) is 0 Å². The number of hydrogen-bond acceptors (Lipinski definition) is 2. The molecule has 2 aliphatic heterocycles. The Morgan fingerprint density at radius 1 is 1.33 bits per heavy atom. The molecule has 1 fully saturated rings. The van der Waals surface area contributed by atoms with Gasteiger partial charge in [-0.05, 0) is 27.0 Å². The predicted octanol–water partition coefficient (Wildman–Crippen LogP) is 1.63. The largest absolute Gasteiger partial charge is 0.379 e. The van der Waals surface area contributed by atoms with Gasteiger partial charge in [0.25, 0.3) is 0 Å². The van der Waals surface area contributed by atoms with Crippen molar-refractivity contribution < 1.29 is 4.74 Å². The van der Waals surface area contributed by atoms with Crippen LogP contribution < -0.4 is 0 Å². The van der Waals surface area contributed by atoms with E-state index in [4.69, 9.17) is 4.74 Å². The normalized spacial score (nSPS) is 26.4. The lowest BCUT2D eigenvalue weighted by Gasteiger charge is -2.41. The van der Waals surface area contributed by atoms with E-state index in [1.54, 1.807) is 0 Å². The minimum Gasteiger partial charge on any atom is -0.379 e. The second kappa shape index (κ2) is 2.25. The molecule has 12 heavy (non-hydrogen) atoms. The van der Waals surface area contributed by atoms with Crippen LogP contribution in [0.25, 0.3) is 0 Å². The van der Waals surface area contributed by atoms with Gasteiger partial charge >= 0.3 is 0 Å². The number of rotatable bonds is 0. The van der Waals surface area contributed by atoms with Crippen LogP contribution in [0.2, 0.25) is 0 Å². The van der Waals surface area contributed by atoms with Crippen LogP contribution in [0.5, 0.6) is 0 Å². The minimum absolute atomic E-state index is 0.260. The van der Waals surface area contributed by atoms with Gasteiger partial charge < -0.3 is 9.64 Å². The van der Waals surface area contributed by atoms with Gasteiger partial charge in [-0.3, -0.25) is 0 Å². The zero-order valence-corrected chi connectivity index (χ0v) is 8.13. The van der Waals surface area contributed by atoms with Gasteiger partial charge in [0.15, 0.2) is 0 Å². The molecule has 2 nitrogen and oxygen atoms in total. The fraction of sp³-hybridized carbons (Fsp3) is 0.800. The average molecular weight is 167 g/mol. The number of hydrogen-bond donors (Lipinski definition) is 0. The van der Waals surface area contributed by atoms with Crippen LogP contribution in [0.1, 0.15) is 20.8 Å². The highest BCUT2D eigenvalue weighted by atomic mass is 16.5. The average Bonchev–Trinajstić information content (AvgIpc) is 2.26. The highest BCUT2D eigenvalue weighted by Crippen LogP contribution is 2.37. The Morgan fingerprint density at radius 3 is 2.25 bits per heavy atom. The maximum absolute atomic E-state index is 5.24. The summed E-state index contributed by atoms with van der Waals surface area (Å²) in [5, 5.41) is 0. The quantitative estimate of drug-likeness (QED) is 0.543. The highest BCUT2D eigenvalue weighted by Gasteiger charge is 2.42. The van der Waals surface area contributed by atoms with E-state index >= 15 is 0 Å². The van der Waals surface area contributed by atoms with Gasteiger partial charge in [0.05, 0.1) is 18.6 Å². The van der Waals surface area contributed by atoms with E-state index in [9.17, 15) is 0 Å². The van der Waals surface area contributed by atoms with Crippen molar-refractivity contribution in [3.63, 3.8) is 0 Å². The van der Waals surface area contributed by atoms with E-state index in [2.05, 4.69) is 37.9 Å². The lowest BCUT2D eigenvalue weighted by molar-refractivity contribution is -0.0884. The SMILES string of the molecule is CC(C)(C)N1C=CC2(COC2)C1. The van der Waals surface area contributed by atoms with E-state index in [-0.39, 0.29) is 5.54 Å². The second-order valence-corrected chi connectivity index (χ2v) is 4.97. The van der Waals surface area contributed by atoms with Gasteiger partial charge in [0.2, 0.25) is 0 Å². The van der Waals surface area contributed by atoms with Crippen molar-refractivity contribution in [3.8, 4) is 0 Å². The minimum atomic E-state index is 0.260. The molecule has 0 aromatic heterocycles. The number of ether oxygens (including phenoxy) is 1. The van der Waals surface area contributed by atoms with Gasteiger partial charge in [-0.1, -0.05) is 6.08 Å². The van der Waals surface area contributed by atoms with Crippen LogP contribution in [0.4, 0.5) is 0 Å². The molecule has 0 unspecified atom stereocenters. The Morgan fingerprint density at radius 2 is 2.00 bits per heavy atom. The molecule has 0 aliphatic carbocycles. The summed E-state index contributed by atoms with van der Waals surface area (Å²) in [7, 11) is 0. The molecule has 0 saturated carbocycles. The molecule has 0 bridgehead atoms. The Bertz CT molecular complexity index is 210. The summed E-state index contributed by atoms with van der Waals surface area (Å²) in [6.07, 6.45) is 4.53. The fourth-order valence-electron chi connectivity index (χ4n) is 1.71. The van der Waals surface area contributed by atoms with Crippen molar-refractivity contribution in [1.82, 2.24) is 4.90 Å². The molecule has 2 rings (SSSR count). The summed E-state index contributed by atoms with van der Waals surface area (Å²) >= 11 is 0. The van der Waals surface area contributed by atoms with Crippen molar-refractivity contribution in [2.24, 2.45) is 5.41 Å². The van der Waals surface area contributed by atoms with E-state index in [0.717, 1.165) is 19.8 Å². The molecule has 0 radical (unpaired) electrons. The molecule has 2 aliphatic rings. The molecule has 2 heterocycles. The predicted molar refractivity (Wildman–Crippen MR) is 48.9 cm³/mol. The maximum atomic E-state index is 5.24. The van der Waals surface area contributed by atoms with Crippen molar-refractivity contribution in [2.45, 2.75) is 26.3 Å². The fourth-order valence-corrected chi connectivity index (χ4v) is 1.71. The van der Waals surface area contributed by atoms with Gasteiger partial charge in [-0.25, -0.2) is 0 Å². The second-order valence-electron chi connectivity index (χ2n) is 4.97. The third-order valence-electron chi connectivity index (χ3n) is 2.73. The Balaban J connectivity index is 2.04. The molecule has 68 valence electrons. The molecular formula is C10H17NO. The molecule has 1 spiro atoms. The van der Waals surface area contributed by atoms with Crippen LogP contribution in [-0.4, -0.2) is 30.2 Å². The van der Waals surface area contributed by atoms with Gasteiger partial charge in [0, 0.05) is 12.1 Å². The van der Waals surface area contributed by atoms with Crippen molar-refractivity contribution in [2.75, 3.05) is 19.8 Å². The van der Waals surface area contributed by atoms with Crippen LogP contribution in [-0.2, 0) is 4.74 Å². The van der Waals surface area contributed by atoms with E-state index < -0.39 is 0 Å². The van der Waals surface area contributed by atoms with E-state index in [1.807, 2.05) is 0 Å². The van der Waals surface area contributed by atoms with Crippen LogP contribution in [0.15, 0.2) is 12.3 Å². The Labute approximate surface area is 74.2 Å². The summed E-state index contributed by atoms with van der Waals surface area (Å²) in [4.78, 5) is 2.40. The summed E-state index contributed by atoms with van der Waals surface area (Å²) in [6, 6.07) is 0. The molecule has 0 N–H and O–H groups in total. The third kappa shape index (κ3) is 1.14. The molecule has 2 heteroatoms. The first kappa shape index (κ1) is 8.11. The molecule has 0 aromatic carbocycles. The summed E-state index contributed by atoms with van der Waals surface area (Å²) in [5.74, 6) is 0. The first-order valence-electron chi connectivity index (χ1n) is 4.56. The standard InChI is InChI=1S/C10H17NO/c1-9(2,3)11-5-4-10(6-11)7-12-8-10/h4-5H,6-8H2,1-3H3. The van der Waals surface area contributed by atoms with Crippen LogP contribution in [0, 0.1) is 5.41 Å². The molecular weight excluding hydrogens is 150 g/mol. The van der Waals surface area contributed by atoms with Crippen molar-refractivity contribution >= 4 is 0 Å². The Kier molecular flexibility index (Phi) is 1.52. The smallest absolute Gasteiger partial charge is 0.0597 e. The van der Waals surface area contributed by atoms with Gasteiger partial charge in [-0.15, -0.1) is 0 Å². The van der Waals surface area contributed by atoms with Crippen molar-refractivity contribution in [3.05, 3.63) is 12.3 Å². The highest BCUT2D eigenvalue weighted by molar-refractivity contribution is 5.13. The first-order chi connectivity index (χ1) is 5.52. The molecule has 0 aromatic rings. The molecule has 0 atom stereocenters. The summed E-state index contributed by atoms with van der Waals surface area (Å²) in [5.41, 5.74) is 0.628. The topological polar surface area (TPSA) is 12.5 Å². The first-order valence-corrected chi connectivity index (χ1v) is 4.56. The Hall–Kier alpha value is -0.500. The zero-order chi connectivity index (χ0) is 8.82. The summed E-state index contributed by atoms with van der Waals surface area (Å²) < 4.78 is 5.24. The summed E-state index contributed by atoms with van der Waals surface area (Å²) in [6.45, 7) is 9.70. The monoisotopic (exact) mass is 167 g/mol. The van der Waals surface area contributed by atoms with Crippen LogP contribution >= 0.6 is 0 Å². The molecule has 0 amide bonds. The third-order valence-corrected chi connectivity index (χ3v) is 2.73. The van der Waals surface area contributed by atoms with E-state index in [1.165, 1.54) is 0 Å². The van der Waals surface area contributed by atoms with Crippen molar-refractivity contribution in [1.29, 1.82) is 0 Å². The lowest BCUT2D eigenvalue weighted by Crippen LogP contribution is -2.48.